The Morgan fingerprint density at radius 1 is 1.64 bits per heavy atom. The number of carbonyl (C=O) groups excluding carboxylic acids is 1. The normalized spacial score (nSPS) is 25.4. The third-order valence-corrected chi connectivity index (χ3v) is 2.22. The van der Waals surface area contributed by atoms with Crippen molar-refractivity contribution in [3.05, 3.63) is 0 Å². The van der Waals surface area contributed by atoms with Crippen LogP contribution in [-0.4, -0.2) is 31.5 Å². The fourth-order valence-electron chi connectivity index (χ4n) is 1.37. The molecule has 1 aliphatic heterocycles. The van der Waals surface area contributed by atoms with Gasteiger partial charge in [-0.2, -0.15) is 0 Å². The zero-order valence-electron chi connectivity index (χ0n) is 8.44. The van der Waals surface area contributed by atoms with Gasteiger partial charge in [0.05, 0.1) is 6.54 Å². The summed E-state index contributed by atoms with van der Waals surface area (Å²) in [6, 6.07) is 0. The van der Waals surface area contributed by atoms with E-state index in [2.05, 4.69) is 10.6 Å². The Kier molecular flexibility index (Phi) is 3.42. The van der Waals surface area contributed by atoms with Gasteiger partial charge in [-0.15, -0.1) is 0 Å². The molecule has 5 heteroatoms. The summed E-state index contributed by atoms with van der Waals surface area (Å²) in [4.78, 5) is 11.3. The number of nitrogens with one attached hydrogen (secondary N) is 2. The van der Waals surface area contributed by atoms with Gasteiger partial charge in [-0.3, -0.25) is 4.79 Å². The maximum atomic E-state index is 13.1. The van der Waals surface area contributed by atoms with E-state index in [4.69, 9.17) is 0 Å². The minimum Gasteiger partial charge on any atom is -0.355 e. The lowest BCUT2D eigenvalue weighted by molar-refractivity contribution is -0.134. The summed E-state index contributed by atoms with van der Waals surface area (Å²) in [7, 11) is 0. The van der Waals surface area contributed by atoms with Crippen LogP contribution < -0.4 is 10.6 Å². The highest BCUT2D eigenvalue weighted by atomic mass is 19.3. The molecule has 82 valence electrons. The number of rotatable bonds is 3. The summed E-state index contributed by atoms with van der Waals surface area (Å²) in [5.74, 6) is -4.38. The molecule has 1 amide bonds. The first-order chi connectivity index (χ1) is 6.43. The second kappa shape index (κ2) is 4.21. The SMILES string of the molecule is CC(C)CNC(=O)C1CNCC1(F)F. The van der Waals surface area contributed by atoms with Crippen molar-refractivity contribution in [2.45, 2.75) is 19.8 Å². The third kappa shape index (κ3) is 2.64. The largest absolute Gasteiger partial charge is 0.355 e. The molecule has 2 N–H and O–H groups in total. The lowest BCUT2D eigenvalue weighted by Gasteiger charge is -2.17. The molecule has 3 nitrogen and oxygen atoms in total. The Morgan fingerprint density at radius 2 is 2.29 bits per heavy atom. The van der Waals surface area contributed by atoms with Crippen LogP contribution >= 0.6 is 0 Å². The van der Waals surface area contributed by atoms with Crippen molar-refractivity contribution in [1.29, 1.82) is 0 Å². The second-order valence-corrected chi connectivity index (χ2v) is 4.08. The average molecular weight is 206 g/mol. The zero-order valence-corrected chi connectivity index (χ0v) is 8.44. The van der Waals surface area contributed by atoms with Crippen molar-refractivity contribution >= 4 is 5.91 Å². The Bertz CT molecular complexity index is 219. The van der Waals surface area contributed by atoms with Crippen LogP contribution in [0, 0.1) is 11.8 Å². The molecule has 0 spiro atoms. The van der Waals surface area contributed by atoms with E-state index in [0.29, 0.717) is 6.54 Å². The lowest BCUT2D eigenvalue weighted by atomic mass is 10.0. The van der Waals surface area contributed by atoms with Crippen LogP contribution in [0.4, 0.5) is 8.78 Å². The number of carbonyl (C=O) groups is 1. The molecule has 0 bridgehead atoms. The van der Waals surface area contributed by atoms with E-state index in [1.165, 1.54) is 0 Å². The van der Waals surface area contributed by atoms with Crippen LogP contribution in [-0.2, 0) is 4.79 Å². The Morgan fingerprint density at radius 3 is 2.71 bits per heavy atom. The van der Waals surface area contributed by atoms with Gasteiger partial charge in [-0.05, 0) is 5.92 Å². The fraction of sp³-hybridized carbons (Fsp3) is 0.889. The standard InChI is InChI=1S/C9H16F2N2O/c1-6(2)3-13-8(14)7-4-12-5-9(7,10)11/h6-7,12H,3-5H2,1-2H3,(H,13,14). The van der Waals surface area contributed by atoms with Crippen LogP contribution in [0.25, 0.3) is 0 Å². The molecular formula is C9H16F2N2O. The van der Waals surface area contributed by atoms with E-state index in [9.17, 15) is 13.6 Å². The van der Waals surface area contributed by atoms with Crippen LogP contribution in [0.2, 0.25) is 0 Å². The summed E-state index contributed by atoms with van der Waals surface area (Å²) in [6.45, 7) is 3.96. The van der Waals surface area contributed by atoms with E-state index in [1.54, 1.807) is 0 Å². The molecule has 1 rings (SSSR count). The first-order valence-corrected chi connectivity index (χ1v) is 4.79. The van der Waals surface area contributed by atoms with Gasteiger partial charge >= 0.3 is 0 Å². The van der Waals surface area contributed by atoms with E-state index in [0.717, 1.165) is 0 Å². The zero-order chi connectivity index (χ0) is 10.8. The second-order valence-electron chi connectivity index (χ2n) is 4.08. The molecule has 0 aromatic heterocycles. The molecule has 0 aliphatic carbocycles. The number of hydrogen-bond acceptors (Lipinski definition) is 2. The molecule has 14 heavy (non-hydrogen) atoms. The van der Waals surface area contributed by atoms with Crippen LogP contribution in [0.15, 0.2) is 0 Å². The lowest BCUT2D eigenvalue weighted by Crippen LogP contribution is -2.41. The van der Waals surface area contributed by atoms with Crippen molar-refractivity contribution in [3.63, 3.8) is 0 Å². The predicted octanol–water partition coefficient (Wildman–Crippen LogP) is 0.613. The maximum Gasteiger partial charge on any atom is 0.273 e. The molecule has 0 aromatic rings. The molecule has 1 unspecified atom stereocenters. The monoisotopic (exact) mass is 206 g/mol. The molecule has 0 aromatic carbocycles. The van der Waals surface area contributed by atoms with Crippen molar-refractivity contribution in [2.24, 2.45) is 11.8 Å². The van der Waals surface area contributed by atoms with Gasteiger partial charge < -0.3 is 10.6 Å². The highest BCUT2D eigenvalue weighted by molar-refractivity contribution is 5.80. The summed E-state index contributed by atoms with van der Waals surface area (Å²) in [6.07, 6.45) is 0. The van der Waals surface area contributed by atoms with E-state index in [-0.39, 0.29) is 12.5 Å². The maximum absolute atomic E-state index is 13.1. The Labute approximate surface area is 82.2 Å². The Balaban J connectivity index is 2.44. The molecule has 0 radical (unpaired) electrons. The molecule has 1 aliphatic rings. The van der Waals surface area contributed by atoms with Gasteiger partial charge in [0, 0.05) is 13.1 Å². The third-order valence-electron chi connectivity index (χ3n) is 2.22. The first kappa shape index (κ1) is 11.4. The van der Waals surface area contributed by atoms with Crippen molar-refractivity contribution in [3.8, 4) is 0 Å². The van der Waals surface area contributed by atoms with Crippen molar-refractivity contribution in [2.75, 3.05) is 19.6 Å². The number of alkyl halides is 2. The van der Waals surface area contributed by atoms with Crippen molar-refractivity contribution in [1.82, 2.24) is 10.6 Å². The minimum absolute atomic E-state index is 0.0664. The molecule has 1 fully saturated rings. The highest BCUT2D eigenvalue weighted by Gasteiger charge is 2.48. The van der Waals surface area contributed by atoms with Gasteiger partial charge in [0.2, 0.25) is 5.91 Å². The van der Waals surface area contributed by atoms with Gasteiger partial charge in [-0.25, -0.2) is 8.78 Å². The molecule has 1 saturated heterocycles. The summed E-state index contributed by atoms with van der Waals surface area (Å²) >= 11 is 0. The molecular weight excluding hydrogens is 190 g/mol. The summed E-state index contributed by atoms with van der Waals surface area (Å²) in [5, 5.41) is 5.04. The van der Waals surface area contributed by atoms with Gasteiger partial charge in [0.1, 0.15) is 5.92 Å². The quantitative estimate of drug-likeness (QED) is 0.710. The van der Waals surface area contributed by atoms with Gasteiger partial charge in [0.15, 0.2) is 0 Å². The molecule has 1 atom stereocenters. The van der Waals surface area contributed by atoms with Crippen molar-refractivity contribution < 1.29 is 13.6 Å². The number of amides is 1. The minimum atomic E-state index is -2.90. The fourth-order valence-corrected chi connectivity index (χ4v) is 1.37. The van der Waals surface area contributed by atoms with Crippen LogP contribution in [0.3, 0.4) is 0 Å². The summed E-state index contributed by atoms with van der Waals surface area (Å²) in [5.41, 5.74) is 0. The Hall–Kier alpha value is -0.710. The molecule has 1 heterocycles. The molecule has 0 saturated carbocycles. The van der Waals surface area contributed by atoms with Crippen LogP contribution in [0.5, 0.6) is 0 Å². The van der Waals surface area contributed by atoms with Gasteiger partial charge in [0.25, 0.3) is 5.92 Å². The topological polar surface area (TPSA) is 41.1 Å². The summed E-state index contributed by atoms with van der Waals surface area (Å²) < 4.78 is 26.1. The van der Waals surface area contributed by atoms with E-state index in [1.807, 2.05) is 13.8 Å². The highest BCUT2D eigenvalue weighted by Crippen LogP contribution is 2.27. The van der Waals surface area contributed by atoms with E-state index >= 15 is 0 Å². The smallest absolute Gasteiger partial charge is 0.273 e. The number of hydrogen-bond donors (Lipinski definition) is 2. The van der Waals surface area contributed by atoms with Gasteiger partial charge in [-0.1, -0.05) is 13.8 Å². The predicted molar refractivity (Wildman–Crippen MR) is 49.2 cm³/mol. The number of halogens is 2. The van der Waals surface area contributed by atoms with E-state index < -0.39 is 24.3 Å². The first-order valence-electron chi connectivity index (χ1n) is 4.79. The average Bonchev–Trinajstić information content (AvgIpc) is 2.41. The van der Waals surface area contributed by atoms with Crippen LogP contribution in [0.1, 0.15) is 13.8 Å².